The molecule has 3 N–H and O–H groups in total. The van der Waals surface area contributed by atoms with Crippen LogP contribution in [0.1, 0.15) is 51.4 Å². The average molecular weight is 282 g/mol. The first-order valence-corrected chi connectivity index (χ1v) is 7.77. The minimum absolute atomic E-state index is 0.0362. The molecule has 0 bridgehead atoms. The number of nitrogens with zero attached hydrogens (tertiary/aromatic N) is 1. The number of carboxylic acid groups (broad SMARTS) is 1. The Hall–Kier alpha value is -1.10. The van der Waals surface area contributed by atoms with E-state index in [1.807, 2.05) is 0 Å². The van der Waals surface area contributed by atoms with Crippen LogP contribution in [0.25, 0.3) is 0 Å². The van der Waals surface area contributed by atoms with Gasteiger partial charge in [-0.05, 0) is 37.6 Å². The number of carbonyl (C=O) groups excluding carboxylic acids is 1. The number of hydrogen-bond donors (Lipinski definition) is 2. The molecule has 5 nitrogen and oxygen atoms in total. The minimum atomic E-state index is -0.784. The molecule has 1 aliphatic heterocycles. The lowest BCUT2D eigenvalue weighted by atomic mass is 9.71. The van der Waals surface area contributed by atoms with Crippen molar-refractivity contribution in [3.8, 4) is 0 Å². The van der Waals surface area contributed by atoms with Crippen molar-refractivity contribution in [2.75, 3.05) is 19.6 Å². The van der Waals surface area contributed by atoms with Gasteiger partial charge in [0.15, 0.2) is 0 Å². The molecule has 1 amide bonds. The molecule has 20 heavy (non-hydrogen) atoms. The maximum Gasteiger partial charge on any atom is 0.308 e. The van der Waals surface area contributed by atoms with E-state index in [0.717, 1.165) is 32.1 Å². The van der Waals surface area contributed by atoms with Gasteiger partial charge in [-0.3, -0.25) is 9.59 Å². The molecular weight excluding hydrogens is 256 g/mol. The van der Waals surface area contributed by atoms with Crippen LogP contribution in [0.2, 0.25) is 0 Å². The molecule has 1 saturated heterocycles. The van der Waals surface area contributed by atoms with Crippen molar-refractivity contribution in [3.05, 3.63) is 0 Å². The third kappa shape index (κ3) is 3.51. The number of amides is 1. The van der Waals surface area contributed by atoms with E-state index >= 15 is 0 Å². The highest BCUT2D eigenvalue weighted by molar-refractivity contribution is 5.78. The van der Waals surface area contributed by atoms with Gasteiger partial charge in [-0.25, -0.2) is 0 Å². The second-order valence-corrected chi connectivity index (χ2v) is 6.46. The Morgan fingerprint density at radius 2 is 1.90 bits per heavy atom. The first kappa shape index (κ1) is 15.3. The number of rotatable bonds is 4. The van der Waals surface area contributed by atoms with Gasteiger partial charge >= 0.3 is 5.97 Å². The smallest absolute Gasteiger partial charge is 0.308 e. The number of carboxylic acids is 1. The minimum Gasteiger partial charge on any atom is -0.481 e. The summed E-state index contributed by atoms with van der Waals surface area (Å²) in [4.78, 5) is 25.3. The third-order valence-electron chi connectivity index (χ3n) is 5.00. The number of carbonyl (C=O) groups is 2. The second kappa shape index (κ2) is 6.57. The summed E-state index contributed by atoms with van der Waals surface area (Å²) in [7, 11) is 0. The van der Waals surface area contributed by atoms with E-state index in [2.05, 4.69) is 0 Å². The van der Waals surface area contributed by atoms with Gasteiger partial charge < -0.3 is 15.7 Å². The summed E-state index contributed by atoms with van der Waals surface area (Å²) in [5.41, 5.74) is 5.89. The van der Waals surface area contributed by atoms with Gasteiger partial charge in [-0.15, -0.1) is 0 Å². The molecule has 1 atom stereocenters. The fourth-order valence-electron chi connectivity index (χ4n) is 3.59. The lowest BCUT2D eigenvalue weighted by Crippen LogP contribution is -2.45. The van der Waals surface area contributed by atoms with Crippen LogP contribution in [0.3, 0.4) is 0 Å². The molecule has 114 valence electrons. The molecule has 1 aliphatic carbocycles. The van der Waals surface area contributed by atoms with Crippen LogP contribution >= 0.6 is 0 Å². The van der Waals surface area contributed by atoms with Crippen molar-refractivity contribution in [3.63, 3.8) is 0 Å². The van der Waals surface area contributed by atoms with Crippen molar-refractivity contribution in [2.45, 2.75) is 51.4 Å². The van der Waals surface area contributed by atoms with Crippen molar-refractivity contribution in [2.24, 2.45) is 17.1 Å². The molecule has 0 aromatic heterocycles. The summed E-state index contributed by atoms with van der Waals surface area (Å²) in [6.07, 6.45) is 7.58. The van der Waals surface area contributed by atoms with Crippen LogP contribution in [-0.2, 0) is 9.59 Å². The van der Waals surface area contributed by atoms with Gasteiger partial charge in [0.1, 0.15) is 0 Å². The highest BCUT2D eigenvalue weighted by Crippen LogP contribution is 2.39. The Morgan fingerprint density at radius 3 is 2.50 bits per heavy atom. The summed E-state index contributed by atoms with van der Waals surface area (Å²) < 4.78 is 0. The SMILES string of the molecule is NCC1(CC(=O)N2CCC[C@H](C(=O)O)C2)CCCCC1. The molecule has 1 saturated carbocycles. The summed E-state index contributed by atoms with van der Waals surface area (Å²) in [5.74, 6) is -1.08. The third-order valence-corrected chi connectivity index (χ3v) is 5.00. The lowest BCUT2D eigenvalue weighted by molar-refractivity contribution is -0.146. The maximum absolute atomic E-state index is 12.5. The predicted octanol–water partition coefficient (Wildman–Crippen LogP) is 1.61. The van der Waals surface area contributed by atoms with E-state index in [0.29, 0.717) is 32.5 Å². The molecule has 5 heteroatoms. The standard InChI is InChI=1S/C15H26N2O3/c16-11-15(6-2-1-3-7-15)9-13(18)17-8-4-5-12(10-17)14(19)20/h12H,1-11,16H2,(H,19,20)/t12-/m0/s1. The Kier molecular flexibility index (Phi) is 5.02. The van der Waals surface area contributed by atoms with E-state index in [1.54, 1.807) is 4.90 Å². The zero-order valence-corrected chi connectivity index (χ0v) is 12.1. The van der Waals surface area contributed by atoms with E-state index in [4.69, 9.17) is 10.8 Å². The molecule has 0 aromatic carbocycles. The Bertz CT molecular complexity index is 364. The molecule has 0 radical (unpaired) electrons. The Morgan fingerprint density at radius 1 is 1.20 bits per heavy atom. The number of hydrogen-bond acceptors (Lipinski definition) is 3. The molecule has 1 heterocycles. The number of aliphatic carboxylic acids is 1. The molecule has 2 fully saturated rings. The molecule has 0 unspecified atom stereocenters. The monoisotopic (exact) mass is 282 g/mol. The topological polar surface area (TPSA) is 83.6 Å². The number of nitrogens with two attached hydrogens (primary N) is 1. The van der Waals surface area contributed by atoms with Crippen LogP contribution in [0, 0.1) is 11.3 Å². The van der Waals surface area contributed by atoms with Crippen LogP contribution in [-0.4, -0.2) is 41.5 Å². The zero-order chi connectivity index (χ0) is 14.6. The van der Waals surface area contributed by atoms with Crippen LogP contribution < -0.4 is 5.73 Å². The van der Waals surface area contributed by atoms with Crippen molar-refractivity contribution in [1.29, 1.82) is 0 Å². The van der Waals surface area contributed by atoms with Gasteiger partial charge in [0.2, 0.25) is 5.91 Å². The average Bonchev–Trinajstić information content (AvgIpc) is 2.48. The van der Waals surface area contributed by atoms with Crippen LogP contribution in [0.15, 0.2) is 0 Å². The maximum atomic E-state index is 12.5. The first-order valence-electron chi connectivity index (χ1n) is 7.77. The summed E-state index contributed by atoms with van der Waals surface area (Å²) in [6, 6.07) is 0. The fourth-order valence-corrected chi connectivity index (χ4v) is 3.59. The zero-order valence-electron chi connectivity index (χ0n) is 12.1. The van der Waals surface area contributed by atoms with Gasteiger partial charge in [0.05, 0.1) is 5.92 Å². The van der Waals surface area contributed by atoms with Gasteiger partial charge in [0.25, 0.3) is 0 Å². The van der Waals surface area contributed by atoms with Gasteiger partial charge in [-0.1, -0.05) is 19.3 Å². The summed E-state index contributed by atoms with van der Waals surface area (Å²) in [5, 5.41) is 9.10. The van der Waals surface area contributed by atoms with Crippen LogP contribution in [0.4, 0.5) is 0 Å². The molecule has 0 spiro atoms. The summed E-state index contributed by atoms with van der Waals surface area (Å²) in [6.45, 7) is 1.63. The van der Waals surface area contributed by atoms with E-state index in [-0.39, 0.29) is 11.3 Å². The molecular formula is C15H26N2O3. The molecule has 2 rings (SSSR count). The molecule has 2 aliphatic rings. The Balaban J connectivity index is 1.94. The van der Waals surface area contributed by atoms with Crippen LogP contribution in [0.5, 0.6) is 0 Å². The first-order chi connectivity index (χ1) is 9.56. The van der Waals surface area contributed by atoms with Crippen molar-refractivity contribution >= 4 is 11.9 Å². The lowest BCUT2D eigenvalue weighted by Gasteiger charge is -2.38. The second-order valence-electron chi connectivity index (χ2n) is 6.46. The van der Waals surface area contributed by atoms with Crippen molar-refractivity contribution in [1.82, 2.24) is 4.90 Å². The summed E-state index contributed by atoms with van der Waals surface area (Å²) >= 11 is 0. The fraction of sp³-hybridized carbons (Fsp3) is 0.867. The van der Waals surface area contributed by atoms with Crippen molar-refractivity contribution < 1.29 is 14.7 Å². The normalized spacial score (nSPS) is 26.2. The number of likely N-dealkylation sites (tertiary alicyclic amines) is 1. The largest absolute Gasteiger partial charge is 0.481 e. The molecule has 0 aromatic rings. The van der Waals surface area contributed by atoms with Gasteiger partial charge in [-0.2, -0.15) is 0 Å². The quantitative estimate of drug-likeness (QED) is 0.820. The van der Waals surface area contributed by atoms with E-state index in [1.165, 1.54) is 6.42 Å². The van der Waals surface area contributed by atoms with Gasteiger partial charge in [0, 0.05) is 19.5 Å². The highest BCUT2D eigenvalue weighted by atomic mass is 16.4. The van der Waals surface area contributed by atoms with E-state index < -0.39 is 11.9 Å². The Labute approximate surface area is 120 Å². The predicted molar refractivity (Wildman–Crippen MR) is 76.1 cm³/mol. The number of piperidine rings is 1. The highest BCUT2D eigenvalue weighted by Gasteiger charge is 2.36. The van der Waals surface area contributed by atoms with E-state index in [9.17, 15) is 9.59 Å².